The molecule has 126 valence electrons. The van der Waals surface area contributed by atoms with Crippen molar-refractivity contribution in [2.45, 2.75) is 19.0 Å². The van der Waals surface area contributed by atoms with E-state index in [0.717, 1.165) is 44.7 Å². The lowest BCUT2D eigenvalue weighted by Crippen LogP contribution is -2.52. The van der Waals surface area contributed by atoms with Gasteiger partial charge in [-0.15, -0.1) is 0 Å². The van der Waals surface area contributed by atoms with Crippen molar-refractivity contribution in [1.82, 2.24) is 9.80 Å². The van der Waals surface area contributed by atoms with Gasteiger partial charge in [-0.05, 0) is 40.9 Å². The fraction of sp³-hybridized carbons (Fsp3) is 0.400. The van der Waals surface area contributed by atoms with Crippen molar-refractivity contribution in [3.63, 3.8) is 0 Å². The molecular weight excluding hydrogens is 316 g/mol. The second-order valence-electron chi connectivity index (χ2n) is 6.17. The standard InChI is InChI=1S/C20H24N2OS/c23-13-8-20-16-21(10-4-7-18-5-2-1-3-6-18)11-12-22(20)15-19-9-14-24-17-19/h1-3,5-6,9,14,17,20,23H,8,10-13,15-16H2. The van der Waals surface area contributed by atoms with E-state index in [0.29, 0.717) is 6.04 Å². The normalized spacial score (nSPS) is 19.0. The number of aliphatic hydroxyl groups is 1. The molecule has 1 aromatic heterocycles. The second kappa shape index (κ2) is 9.00. The third-order valence-corrected chi connectivity index (χ3v) is 5.16. The Hall–Kier alpha value is -1.64. The fourth-order valence-electron chi connectivity index (χ4n) is 3.12. The van der Waals surface area contributed by atoms with Crippen LogP contribution in [-0.4, -0.2) is 53.7 Å². The number of benzene rings is 1. The first kappa shape index (κ1) is 17.2. The monoisotopic (exact) mass is 340 g/mol. The van der Waals surface area contributed by atoms with E-state index in [9.17, 15) is 5.11 Å². The van der Waals surface area contributed by atoms with Gasteiger partial charge in [0.15, 0.2) is 0 Å². The molecule has 1 N–H and O–H groups in total. The molecule has 0 bridgehead atoms. The second-order valence-corrected chi connectivity index (χ2v) is 6.95. The molecule has 1 aromatic carbocycles. The molecule has 2 heterocycles. The maximum Gasteiger partial charge on any atom is 0.0606 e. The van der Waals surface area contributed by atoms with Gasteiger partial charge in [0.25, 0.3) is 0 Å². The van der Waals surface area contributed by atoms with Crippen LogP contribution in [0.2, 0.25) is 0 Å². The minimum Gasteiger partial charge on any atom is -0.396 e. The van der Waals surface area contributed by atoms with Crippen LogP contribution in [0.3, 0.4) is 0 Å². The minimum absolute atomic E-state index is 0.244. The number of nitrogens with zero attached hydrogens (tertiary/aromatic N) is 2. The first-order chi connectivity index (χ1) is 11.8. The zero-order valence-corrected chi connectivity index (χ0v) is 14.7. The lowest BCUT2D eigenvalue weighted by Gasteiger charge is -2.40. The van der Waals surface area contributed by atoms with E-state index in [4.69, 9.17) is 0 Å². The molecule has 1 unspecified atom stereocenters. The number of thiophene rings is 1. The first-order valence-corrected chi connectivity index (χ1v) is 9.41. The van der Waals surface area contributed by atoms with Crippen LogP contribution in [0.15, 0.2) is 47.2 Å². The molecule has 4 heteroatoms. The molecule has 3 rings (SSSR count). The Balaban J connectivity index is 1.55. The van der Waals surface area contributed by atoms with Gasteiger partial charge in [0, 0.05) is 44.4 Å². The number of piperazine rings is 1. The summed E-state index contributed by atoms with van der Waals surface area (Å²) in [5.74, 6) is 6.52. The van der Waals surface area contributed by atoms with Crippen LogP contribution in [0.4, 0.5) is 0 Å². The van der Waals surface area contributed by atoms with E-state index in [2.05, 4.69) is 38.5 Å². The lowest BCUT2D eigenvalue weighted by molar-refractivity contribution is 0.0606. The number of hydrogen-bond donors (Lipinski definition) is 1. The van der Waals surface area contributed by atoms with Crippen LogP contribution < -0.4 is 0 Å². The SMILES string of the molecule is OCCC1CN(CC#Cc2ccccc2)CCN1Cc1ccsc1. The highest BCUT2D eigenvalue weighted by Crippen LogP contribution is 2.17. The van der Waals surface area contributed by atoms with Gasteiger partial charge in [-0.3, -0.25) is 9.80 Å². The van der Waals surface area contributed by atoms with Crippen molar-refractivity contribution in [3.05, 3.63) is 58.3 Å². The zero-order valence-electron chi connectivity index (χ0n) is 13.9. The van der Waals surface area contributed by atoms with Crippen LogP contribution in [-0.2, 0) is 6.54 Å². The quantitative estimate of drug-likeness (QED) is 0.848. The van der Waals surface area contributed by atoms with Crippen LogP contribution in [0.25, 0.3) is 0 Å². The predicted molar refractivity (Wildman–Crippen MR) is 100.0 cm³/mol. The van der Waals surface area contributed by atoms with Gasteiger partial charge in [0.2, 0.25) is 0 Å². The van der Waals surface area contributed by atoms with Crippen molar-refractivity contribution in [2.24, 2.45) is 0 Å². The zero-order chi connectivity index (χ0) is 16.6. The van der Waals surface area contributed by atoms with E-state index in [1.54, 1.807) is 11.3 Å². The summed E-state index contributed by atoms with van der Waals surface area (Å²) in [6, 6.07) is 12.7. The van der Waals surface area contributed by atoms with Crippen molar-refractivity contribution in [3.8, 4) is 11.8 Å². The molecule has 0 amide bonds. The van der Waals surface area contributed by atoms with Gasteiger partial charge < -0.3 is 5.11 Å². The molecule has 1 fully saturated rings. The fourth-order valence-corrected chi connectivity index (χ4v) is 3.78. The maximum absolute atomic E-state index is 9.40. The number of rotatable bonds is 5. The Kier molecular flexibility index (Phi) is 6.45. The predicted octanol–water partition coefficient (Wildman–Crippen LogP) is 2.67. The van der Waals surface area contributed by atoms with Gasteiger partial charge in [-0.2, -0.15) is 11.3 Å². The summed E-state index contributed by atoms with van der Waals surface area (Å²) in [4.78, 5) is 4.90. The number of aliphatic hydroxyl groups excluding tert-OH is 1. The summed E-state index contributed by atoms with van der Waals surface area (Å²) in [6.45, 7) is 5.08. The maximum atomic E-state index is 9.40. The summed E-state index contributed by atoms with van der Waals surface area (Å²) >= 11 is 1.75. The smallest absolute Gasteiger partial charge is 0.0606 e. The van der Waals surface area contributed by atoms with Crippen LogP contribution in [0.5, 0.6) is 0 Å². The van der Waals surface area contributed by atoms with E-state index in [1.807, 2.05) is 30.3 Å². The molecule has 0 aliphatic carbocycles. The molecule has 1 saturated heterocycles. The van der Waals surface area contributed by atoms with E-state index >= 15 is 0 Å². The third-order valence-electron chi connectivity index (χ3n) is 4.43. The molecule has 2 aromatic rings. The molecule has 24 heavy (non-hydrogen) atoms. The Bertz CT molecular complexity index is 660. The van der Waals surface area contributed by atoms with Crippen molar-refractivity contribution >= 4 is 11.3 Å². The van der Waals surface area contributed by atoms with Gasteiger partial charge in [-0.1, -0.05) is 30.0 Å². The number of hydrogen-bond acceptors (Lipinski definition) is 4. The van der Waals surface area contributed by atoms with Crippen molar-refractivity contribution in [1.29, 1.82) is 0 Å². The highest BCUT2D eigenvalue weighted by molar-refractivity contribution is 7.07. The molecule has 0 radical (unpaired) electrons. The molecule has 1 atom stereocenters. The molecule has 0 saturated carbocycles. The average molecular weight is 340 g/mol. The van der Waals surface area contributed by atoms with Gasteiger partial charge in [0.05, 0.1) is 6.54 Å². The van der Waals surface area contributed by atoms with E-state index < -0.39 is 0 Å². The largest absolute Gasteiger partial charge is 0.396 e. The van der Waals surface area contributed by atoms with Gasteiger partial charge >= 0.3 is 0 Å². The van der Waals surface area contributed by atoms with E-state index in [1.165, 1.54) is 5.56 Å². The Labute approximate surface area is 148 Å². The van der Waals surface area contributed by atoms with Gasteiger partial charge in [0.1, 0.15) is 0 Å². The summed E-state index contributed by atoms with van der Waals surface area (Å²) in [5.41, 5.74) is 2.45. The summed E-state index contributed by atoms with van der Waals surface area (Å²) in [7, 11) is 0. The van der Waals surface area contributed by atoms with Gasteiger partial charge in [-0.25, -0.2) is 0 Å². The summed E-state index contributed by atoms with van der Waals surface area (Å²) in [5, 5.41) is 13.7. The van der Waals surface area contributed by atoms with Crippen LogP contribution >= 0.6 is 11.3 Å². The minimum atomic E-state index is 0.244. The highest BCUT2D eigenvalue weighted by Gasteiger charge is 2.26. The highest BCUT2D eigenvalue weighted by atomic mass is 32.1. The molecule has 3 nitrogen and oxygen atoms in total. The van der Waals surface area contributed by atoms with Crippen molar-refractivity contribution < 1.29 is 5.11 Å². The molecule has 0 spiro atoms. The Morgan fingerprint density at radius 1 is 1.17 bits per heavy atom. The van der Waals surface area contributed by atoms with E-state index in [-0.39, 0.29) is 6.61 Å². The molecule has 1 aliphatic heterocycles. The Morgan fingerprint density at radius 3 is 2.79 bits per heavy atom. The lowest BCUT2D eigenvalue weighted by atomic mass is 10.1. The molecular formula is C20H24N2OS. The third kappa shape index (κ3) is 4.93. The summed E-state index contributed by atoms with van der Waals surface area (Å²) < 4.78 is 0. The van der Waals surface area contributed by atoms with Crippen LogP contribution in [0.1, 0.15) is 17.5 Å². The van der Waals surface area contributed by atoms with Crippen molar-refractivity contribution in [2.75, 3.05) is 32.8 Å². The average Bonchev–Trinajstić information content (AvgIpc) is 3.11. The Morgan fingerprint density at radius 2 is 2.04 bits per heavy atom. The van der Waals surface area contributed by atoms with Crippen LogP contribution in [0, 0.1) is 11.8 Å². The topological polar surface area (TPSA) is 26.7 Å². The molecule has 1 aliphatic rings. The first-order valence-electron chi connectivity index (χ1n) is 8.47. The summed E-state index contributed by atoms with van der Waals surface area (Å²) in [6.07, 6.45) is 0.826.